The van der Waals surface area contributed by atoms with Gasteiger partial charge in [0.2, 0.25) is 6.29 Å². The lowest BCUT2D eigenvalue weighted by molar-refractivity contribution is -0.220. The zero-order chi connectivity index (χ0) is 10.1. The Morgan fingerprint density at radius 1 is 1.15 bits per heavy atom. The molecular weight excluding hydrogens is 172 g/mol. The summed E-state index contributed by atoms with van der Waals surface area (Å²) >= 11 is 0. The Hall–Kier alpha value is -1.06. The largest absolute Gasteiger partial charge is 0.425 e. The molecule has 1 heterocycles. The summed E-state index contributed by atoms with van der Waals surface area (Å²) in [7, 11) is 0. The molecule has 0 N–H and O–H groups in total. The first-order chi connectivity index (χ1) is 6.06. The highest BCUT2D eigenvalue weighted by Crippen LogP contribution is 2.34. The summed E-state index contributed by atoms with van der Waals surface area (Å²) < 4.78 is 9.74. The Bertz CT molecular complexity index is 210. The molecule has 0 radical (unpaired) electrons. The van der Waals surface area contributed by atoms with Crippen LogP contribution in [0.15, 0.2) is 0 Å². The van der Waals surface area contributed by atoms with Crippen LogP contribution in [0.5, 0.6) is 0 Å². The second kappa shape index (κ2) is 3.36. The van der Waals surface area contributed by atoms with Gasteiger partial charge < -0.3 is 9.47 Å². The quantitative estimate of drug-likeness (QED) is 0.481. The molecule has 4 nitrogen and oxygen atoms in total. The van der Waals surface area contributed by atoms with E-state index in [-0.39, 0.29) is 0 Å². The summed E-state index contributed by atoms with van der Waals surface area (Å²) in [6.45, 7) is 5.09. The molecule has 1 rings (SSSR count). The fourth-order valence-electron chi connectivity index (χ4n) is 1.46. The third-order valence-corrected chi connectivity index (χ3v) is 2.53. The summed E-state index contributed by atoms with van der Waals surface area (Å²) in [6.07, 6.45) is 0.105. The van der Waals surface area contributed by atoms with Crippen LogP contribution in [0.4, 0.5) is 0 Å². The fourth-order valence-corrected chi connectivity index (χ4v) is 1.46. The predicted molar refractivity (Wildman–Crippen MR) is 44.7 cm³/mol. The molecule has 1 aliphatic rings. The topological polar surface area (TPSA) is 52.6 Å². The minimum atomic E-state index is -1.06. The predicted octanol–water partition coefficient (Wildman–Crippen LogP) is 1.24. The van der Waals surface area contributed by atoms with E-state index in [0.717, 1.165) is 0 Å². The van der Waals surface area contributed by atoms with Crippen LogP contribution in [0, 0.1) is 5.41 Å². The Morgan fingerprint density at radius 2 is 1.54 bits per heavy atom. The Labute approximate surface area is 77.2 Å². The lowest BCUT2D eigenvalue weighted by Crippen LogP contribution is -2.48. The summed E-state index contributed by atoms with van der Waals surface area (Å²) in [5, 5.41) is 0. The van der Waals surface area contributed by atoms with Gasteiger partial charge in [-0.05, 0) is 12.8 Å². The van der Waals surface area contributed by atoms with Gasteiger partial charge in [0, 0.05) is 6.92 Å². The number of rotatable bonds is 2. The zero-order valence-electron chi connectivity index (χ0n) is 8.12. The molecule has 0 amide bonds. The van der Waals surface area contributed by atoms with E-state index in [4.69, 9.17) is 9.47 Å². The SMILES string of the molecule is CCC1(CC)C(=O)OC(C)OC1=O. The van der Waals surface area contributed by atoms with Gasteiger partial charge in [0.25, 0.3) is 0 Å². The van der Waals surface area contributed by atoms with Crippen LogP contribution >= 0.6 is 0 Å². The molecule has 1 fully saturated rings. The van der Waals surface area contributed by atoms with Crippen LogP contribution in [0.3, 0.4) is 0 Å². The number of esters is 2. The Kier molecular flexibility index (Phi) is 2.59. The number of cyclic esters (lactones) is 2. The summed E-state index contributed by atoms with van der Waals surface area (Å²) in [5.74, 6) is -0.914. The van der Waals surface area contributed by atoms with Crippen molar-refractivity contribution in [2.24, 2.45) is 5.41 Å². The van der Waals surface area contributed by atoms with Gasteiger partial charge in [-0.1, -0.05) is 13.8 Å². The lowest BCUT2D eigenvalue weighted by atomic mass is 9.82. The first-order valence-electron chi connectivity index (χ1n) is 4.49. The fraction of sp³-hybridized carbons (Fsp3) is 0.778. The van der Waals surface area contributed by atoms with Crippen LogP contribution < -0.4 is 0 Å². The minimum absolute atomic E-state index is 0.424. The Morgan fingerprint density at radius 3 is 1.85 bits per heavy atom. The van der Waals surface area contributed by atoms with E-state index in [1.54, 1.807) is 13.8 Å². The van der Waals surface area contributed by atoms with Crippen molar-refractivity contribution >= 4 is 11.9 Å². The minimum Gasteiger partial charge on any atom is -0.425 e. The van der Waals surface area contributed by atoms with E-state index in [9.17, 15) is 9.59 Å². The maximum Gasteiger partial charge on any atom is 0.326 e. The van der Waals surface area contributed by atoms with Crippen molar-refractivity contribution in [1.82, 2.24) is 0 Å². The molecule has 0 aromatic rings. The van der Waals surface area contributed by atoms with Gasteiger partial charge in [-0.15, -0.1) is 0 Å². The van der Waals surface area contributed by atoms with Gasteiger partial charge in [0.05, 0.1) is 0 Å². The third kappa shape index (κ3) is 1.41. The second-order valence-corrected chi connectivity index (χ2v) is 3.17. The van der Waals surface area contributed by atoms with Crippen molar-refractivity contribution in [3.05, 3.63) is 0 Å². The van der Waals surface area contributed by atoms with E-state index >= 15 is 0 Å². The smallest absolute Gasteiger partial charge is 0.326 e. The zero-order valence-corrected chi connectivity index (χ0v) is 8.12. The highest BCUT2D eigenvalue weighted by molar-refractivity contribution is 6.01. The molecule has 74 valence electrons. The van der Waals surface area contributed by atoms with Crippen molar-refractivity contribution in [1.29, 1.82) is 0 Å². The molecule has 0 aromatic heterocycles. The summed E-state index contributed by atoms with van der Waals surface area (Å²) in [4.78, 5) is 23.0. The molecule has 0 bridgehead atoms. The summed E-state index contributed by atoms with van der Waals surface area (Å²) in [6, 6.07) is 0. The molecule has 4 heteroatoms. The highest BCUT2D eigenvalue weighted by Gasteiger charge is 2.50. The van der Waals surface area contributed by atoms with Crippen molar-refractivity contribution in [3.8, 4) is 0 Å². The van der Waals surface area contributed by atoms with E-state index in [1.807, 2.05) is 0 Å². The average molecular weight is 186 g/mol. The maximum atomic E-state index is 11.5. The monoisotopic (exact) mass is 186 g/mol. The van der Waals surface area contributed by atoms with Crippen LogP contribution in [0.1, 0.15) is 33.6 Å². The van der Waals surface area contributed by atoms with E-state index in [2.05, 4.69) is 0 Å². The average Bonchev–Trinajstić information content (AvgIpc) is 2.05. The molecule has 0 aliphatic carbocycles. The molecule has 0 atom stereocenters. The van der Waals surface area contributed by atoms with Crippen LogP contribution in [0.2, 0.25) is 0 Å². The van der Waals surface area contributed by atoms with Crippen molar-refractivity contribution < 1.29 is 19.1 Å². The normalized spacial score (nSPS) is 22.4. The summed E-state index contributed by atoms with van der Waals surface area (Å²) in [5.41, 5.74) is -1.06. The van der Waals surface area contributed by atoms with E-state index in [1.165, 1.54) is 6.92 Å². The molecule has 0 saturated carbocycles. The molecule has 0 unspecified atom stereocenters. The molecular formula is C9H14O4. The number of hydrogen-bond acceptors (Lipinski definition) is 4. The maximum absolute atomic E-state index is 11.5. The molecule has 1 aliphatic heterocycles. The standard InChI is InChI=1S/C9H14O4/c1-4-9(5-2)7(10)12-6(3)13-8(9)11/h6H,4-5H2,1-3H3. The molecule has 0 aromatic carbocycles. The van der Waals surface area contributed by atoms with Gasteiger partial charge in [-0.3, -0.25) is 9.59 Å². The van der Waals surface area contributed by atoms with Gasteiger partial charge in [0.1, 0.15) is 0 Å². The number of ether oxygens (including phenoxy) is 2. The van der Waals surface area contributed by atoms with Crippen LogP contribution in [-0.4, -0.2) is 18.2 Å². The van der Waals surface area contributed by atoms with E-state index < -0.39 is 23.6 Å². The molecule has 1 saturated heterocycles. The molecule has 13 heavy (non-hydrogen) atoms. The van der Waals surface area contributed by atoms with Gasteiger partial charge in [-0.25, -0.2) is 0 Å². The number of carbonyl (C=O) groups excluding carboxylic acids is 2. The molecule has 0 spiro atoms. The second-order valence-electron chi connectivity index (χ2n) is 3.17. The van der Waals surface area contributed by atoms with Crippen molar-refractivity contribution in [2.45, 2.75) is 39.9 Å². The van der Waals surface area contributed by atoms with E-state index in [0.29, 0.717) is 12.8 Å². The number of carbonyl (C=O) groups is 2. The van der Waals surface area contributed by atoms with Gasteiger partial charge >= 0.3 is 11.9 Å². The lowest BCUT2D eigenvalue weighted by Gasteiger charge is -2.33. The van der Waals surface area contributed by atoms with Crippen LogP contribution in [0.25, 0.3) is 0 Å². The van der Waals surface area contributed by atoms with Gasteiger partial charge in [-0.2, -0.15) is 0 Å². The first-order valence-corrected chi connectivity index (χ1v) is 4.49. The van der Waals surface area contributed by atoms with Gasteiger partial charge in [0.15, 0.2) is 5.41 Å². The van der Waals surface area contributed by atoms with Crippen molar-refractivity contribution in [2.75, 3.05) is 0 Å². The van der Waals surface area contributed by atoms with Crippen molar-refractivity contribution in [3.63, 3.8) is 0 Å². The Balaban J connectivity index is 2.94. The first kappa shape index (κ1) is 10.0. The number of hydrogen-bond donors (Lipinski definition) is 0. The highest BCUT2D eigenvalue weighted by atomic mass is 16.7. The van der Waals surface area contributed by atoms with Crippen LogP contribution in [-0.2, 0) is 19.1 Å². The third-order valence-electron chi connectivity index (χ3n) is 2.53.